The topological polar surface area (TPSA) is 85.6 Å². The predicted molar refractivity (Wildman–Crippen MR) is 101 cm³/mol. The van der Waals surface area contributed by atoms with Gasteiger partial charge in [-0.15, -0.1) is 0 Å². The summed E-state index contributed by atoms with van der Waals surface area (Å²) in [4.78, 5) is 28.7. The Morgan fingerprint density at radius 1 is 1.31 bits per heavy atom. The van der Waals surface area contributed by atoms with Gasteiger partial charge in [0.25, 0.3) is 5.56 Å². The van der Waals surface area contributed by atoms with Crippen LogP contribution in [0.1, 0.15) is 31.0 Å². The van der Waals surface area contributed by atoms with Gasteiger partial charge in [0.15, 0.2) is 0 Å². The largest absolute Gasteiger partial charge is 0.487 e. The SMILES string of the molecule is Cc1nn2c(=O)cc(COc3ccc(NC(=O)CC(C)C)cc3)nc2s1. The highest BCUT2D eigenvalue weighted by atomic mass is 32.1. The molecule has 3 rings (SSSR count). The molecule has 7 nitrogen and oxygen atoms in total. The summed E-state index contributed by atoms with van der Waals surface area (Å²) < 4.78 is 6.98. The van der Waals surface area contributed by atoms with Crippen molar-refractivity contribution in [3.63, 3.8) is 0 Å². The number of anilines is 1. The van der Waals surface area contributed by atoms with Crippen LogP contribution < -0.4 is 15.6 Å². The fraction of sp³-hybridized carbons (Fsp3) is 0.333. The third-order valence-electron chi connectivity index (χ3n) is 3.52. The Kier molecular flexibility index (Phi) is 5.32. The zero-order valence-electron chi connectivity index (χ0n) is 14.9. The highest BCUT2D eigenvalue weighted by Gasteiger charge is 2.08. The molecule has 0 spiro atoms. The Morgan fingerprint density at radius 2 is 2.04 bits per heavy atom. The third kappa shape index (κ3) is 4.45. The Balaban J connectivity index is 1.63. The van der Waals surface area contributed by atoms with Crippen molar-refractivity contribution in [3.8, 4) is 5.75 Å². The maximum absolute atomic E-state index is 12.0. The van der Waals surface area contributed by atoms with Crippen molar-refractivity contribution in [3.05, 3.63) is 51.4 Å². The van der Waals surface area contributed by atoms with Crippen LogP contribution in [0.2, 0.25) is 0 Å². The summed E-state index contributed by atoms with van der Waals surface area (Å²) in [6.07, 6.45) is 0.485. The number of fused-ring (bicyclic) bond motifs is 1. The molecule has 0 bridgehead atoms. The molecule has 0 saturated heterocycles. The number of hydrogen-bond acceptors (Lipinski definition) is 6. The molecule has 136 valence electrons. The Morgan fingerprint density at radius 3 is 2.73 bits per heavy atom. The molecule has 3 aromatic rings. The van der Waals surface area contributed by atoms with E-state index in [1.165, 1.54) is 21.9 Å². The van der Waals surface area contributed by atoms with Crippen LogP contribution in [0.4, 0.5) is 5.69 Å². The molecular formula is C18H20N4O3S. The molecular weight excluding hydrogens is 352 g/mol. The molecule has 0 atom stereocenters. The second-order valence-corrected chi connectivity index (χ2v) is 7.52. The first-order valence-corrected chi connectivity index (χ1v) is 9.11. The van der Waals surface area contributed by atoms with Gasteiger partial charge in [-0.1, -0.05) is 25.2 Å². The van der Waals surface area contributed by atoms with Crippen molar-refractivity contribution in [2.75, 3.05) is 5.32 Å². The van der Waals surface area contributed by atoms with Crippen LogP contribution in [0.5, 0.6) is 5.75 Å². The van der Waals surface area contributed by atoms with Crippen LogP contribution >= 0.6 is 11.3 Å². The number of aryl methyl sites for hydroxylation is 1. The molecule has 0 aliphatic rings. The van der Waals surface area contributed by atoms with E-state index >= 15 is 0 Å². The maximum atomic E-state index is 12.0. The molecule has 2 aromatic heterocycles. The summed E-state index contributed by atoms with van der Waals surface area (Å²) in [7, 11) is 0. The highest BCUT2D eigenvalue weighted by molar-refractivity contribution is 7.16. The monoisotopic (exact) mass is 372 g/mol. The van der Waals surface area contributed by atoms with Crippen LogP contribution in [-0.4, -0.2) is 20.5 Å². The van der Waals surface area contributed by atoms with E-state index in [9.17, 15) is 9.59 Å². The molecule has 1 aromatic carbocycles. The molecule has 1 amide bonds. The average Bonchev–Trinajstić information content (AvgIpc) is 2.94. The lowest BCUT2D eigenvalue weighted by Gasteiger charge is -2.09. The summed E-state index contributed by atoms with van der Waals surface area (Å²) in [6.45, 7) is 6.01. The van der Waals surface area contributed by atoms with E-state index in [2.05, 4.69) is 15.4 Å². The number of nitrogens with one attached hydrogen (secondary N) is 1. The molecule has 2 heterocycles. The van der Waals surface area contributed by atoms with Gasteiger partial charge in [0.05, 0.1) is 5.69 Å². The van der Waals surface area contributed by atoms with Gasteiger partial charge < -0.3 is 10.1 Å². The number of hydrogen-bond donors (Lipinski definition) is 1. The quantitative estimate of drug-likeness (QED) is 0.719. The highest BCUT2D eigenvalue weighted by Crippen LogP contribution is 2.18. The zero-order chi connectivity index (χ0) is 18.7. The number of aromatic nitrogens is 3. The van der Waals surface area contributed by atoms with Crippen molar-refractivity contribution in [1.82, 2.24) is 14.6 Å². The van der Waals surface area contributed by atoms with E-state index in [0.717, 1.165) is 10.7 Å². The lowest BCUT2D eigenvalue weighted by molar-refractivity contribution is -0.116. The molecule has 0 aliphatic heterocycles. The normalized spacial score (nSPS) is 11.1. The van der Waals surface area contributed by atoms with Crippen molar-refractivity contribution in [2.24, 2.45) is 5.92 Å². The second-order valence-electron chi connectivity index (χ2n) is 6.36. The molecule has 0 saturated carbocycles. The van der Waals surface area contributed by atoms with Crippen molar-refractivity contribution >= 4 is 27.9 Å². The number of amides is 1. The van der Waals surface area contributed by atoms with Gasteiger partial charge in [-0.05, 0) is 37.1 Å². The van der Waals surface area contributed by atoms with Gasteiger partial charge >= 0.3 is 0 Å². The van der Waals surface area contributed by atoms with Gasteiger partial charge in [-0.3, -0.25) is 9.59 Å². The number of carbonyl (C=O) groups is 1. The molecule has 0 fully saturated rings. The van der Waals surface area contributed by atoms with Gasteiger partial charge in [-0.25, -0.2) is 4.98 Å². The van der Waals surface area contributed by atoms with E-state index in [4.69, 9.17) is 4.74 Å². The van der Waals surface area contributed by atoms with Gasteiger partial charge in [-0.2, -0.15) is 9.61 Å². The summed E-state index contributed by atoms with van der Waals surface area (Å²) in [5.74, 6) is 0.940. The summed E-state index contributed by atoms with van der Waals surface area (Å²) in [5, 5.41) is 7.74. The molecule has 8 heteroatoms. The lowest BCUT2D eigenvalue weighted by Crippen LogP contribution is -2.16. The Bertz CT molecular complexity index is 976. The summed E-state index contributed by atoms with van der Waals surface area (Å²) in [6, 6.07) is 8.53. The minimum atomic E-state index is -0.221. The number of carbonyl (C=O) groups excluding carboxylic acids is 1. The van der Waals surface area contributed by atoms with E-state index in [1.807, 2.05) is 20.8 Å². The fourth-order valence-electron chi connectivity index (χ4n) is 2.40. The maximum Gasteiger partial charge on any atom is 0.275 e. The van der Waals surface area contributed by atoms with E-state index < -0.39 is 0 Å². The number of ether oxygens (including phenoxy) is 1. The van der Waals surface area contributed by atoms with E-state index in [-0.39, 0.29) is 18.1 Å². The first kappa shape index (κ1) is 18.1. The third-order valence-corrected chi connectivity index (χ3v) is 4.34. The first-order valence-electron chi connectivity index (χ1n) is 8.30. The van der Waals surface area contributed by atoms with Gasteiger partial charge in [0.2, 0.25) is 10.9 Å². The minimum absolute atomic E-state index is 0.00787. The van der Waals surface area contributed by atoms with Crippen LogP contribution in [0, 0.1) is 12.8 Å². The van der Waals surface area contributed by atoms with Crippen LogP contribution in [0.25, 0.3) is 4.96 Å². The molecule has 0 unspecified atom stereocenters. The van der Waals surface area contributed by atoms with Crippen LogP contribution in [-0.2, 0) is 11.4 Å². The van der Waals surface area contributed by atoms with E-state index in [1.54, 1.807) is 24.3 Å². The number of benzene rings is 1. The second kappa shape index (κ2) is 7.65. The van der Waals surface area contributed by atoms with Gasteiger partial charge in [0, 0.05) is 18.2 Å². The predicted octanol–water partition coefficient (Wildman–Crippen LogP) is 3.02. The molecule has 0 aliphatic carbocycles. The average molecular weight is 372 g/mol. The summed E-state index contributed by atoms with van der Waals surface area (Å²) >= 11 is 1.36. The standard InChI is InChI=1S/C18H20N4O3S/c1-11(2)8-16(23)19-13-4-6-15(7-5-13)25-10-14-9-17(24)22-18(20-14)26-12(3)21-22/h4-7,9,11H,8,10H2,1-3H3,(H,19,23). The molecule has 1 N–H and O–H groups in total. The Labute approximate surface area is 154 Å². The zero-order valence-corrected chi connectivity index (χ0v) is 15.7. The molecule has 26 heavy (non-hydrogen) atoms. The molecule has 0 radical (unpaired) electrons. The first-order chi connectivity index (χ1) is 12.4. The van der Waals surface area contributed by atoms with Crippen LogP contribution in [0.15, 0.2) is 35.1 Å². The fourth-order valence-corrected chi connectivity index (χ4v) is 3.17. The Hall–Kier alpha value is -2.74. The van der Waals surface area contributed by atoms with Crippen molar-refractivity contribution in [2.45, 2.75) is 33.8 Å². The van der Waals surface area contributed by atoms with Crippen molar-refractivity contribution in [1.29, 1.82) is 0 Å². The number of rotatable bonds is 6. The smallest absolute Gasteiger partial charge is 0.275 e. The van der Waals surface area contributed by atoms with E-state index in [0.29, 0.717) is 28.7 Å². The van der Waals surface area contributed by atoms with Crippen molar-refractivity contribution < 1.29 is 9.53 Å². The number of nitrogens with zero attached hydrogens (tertiary/aromatic N) is 3. The summed E-state index contributed by atoms with van der Waals surface area (Å²) in [5.41, 5.74) is 1.05. The minimum Gasteiger partial charge on any atom is -0.487 e. The van der Waals surface area contributed by atoms with Crippen LogP contribution in [0.3, 0.4) is 0 Å². The lowest BCUT2D eigenvalue weighted by atomic mass is 10.1. The van der Waals surface area contributed by atoms with Gasteiger partial charge in [0.1, 0.15) is 17.4 Å².